The van der Waals surface area contributed by atoms with Crippen LogP contribution in [0.5, 0.6) is 5.75 Å². The monoisotopic (exact) mass is 371 g/mol. The number of halogens is 3. The average Bonchev–Trinajstić information content (AvgIpc) is 2.47. The fourth-order valence-electron chi connectivity index (χ4n) is 2.01. The van der Waals surface area contributed by atoms with Crippen molar-refractivity contribution in [3.63, 3.8) is 0 Å². The molecule has 2 rings (SSSR count). The number of rotatable bonds is 5. The number of hydrogen-bond donors (Lipinski definition) is 1. The van der Waals surface area contributed by atoms with E-state index in [2.05, 4.69) is 21.2 Å². The lowest BCUT2D eigenvalue weighted by molar-refractivity contribution is 0.411. The Morgan fingerprint density at radius 2 is 2.05 bits per heavy atom. The van der Waals surface area contributed by atoms with Crippen molar-refractivity contribution in [2.24, 2.45) is 0 Å². The van der Waals surface area contributed by atoms with E-state index in [1.807, 2.05) is 25.1 Å². The maximum absolute atomic E-state index is 13.7. The summed E-state index contributed by atoms with van der Waals surface area (Å²) in [5, 5.41) is 3.82. The predicted octanol–water partition coefficient (Wildman–Crippen LogP) is 5.10. The highest BCUT2D eigenvalue weighted by Gasteiger charge is 2.10. The normalized spacial score (nSPS) is 12.2. The van der Waals surface area contributed by atoms with Crippen molar-refractivity contribution in [3.8, 4) is 5.75 Å². The molecule has 0 aliphatic rings. The van der Waals surface area contributed by atoms with Crippen LogP contribution in [0.1, 0.15) is 24.1 Å². The molecule has 1 atom stereocenters. The molecule has 2 nitrogen and oxygen atoms in total. The van der Waals surface area contributed by atoms with Crippen LogP contribution in [0.4, 0.5) is 4.39 Å². The van der Waals surface area contributed by atoms with Crippen molar-refractivity contribution in [3.05, 3.63) is 62.8 Å². The van der Waals surface area contributed by atoms with Crippen molar-refractivity contribution in [1.82, 2.24) is 5.32 Å². The molecule has 2 aromatic carbocycles. The molecule has 5 heteroatoms. The highest BCUT2D eigenvalue weighted by molar-refractivity contribution is 9.10. The fraction of sp³-hybridized carbons (Fsp3) is 0.250. The molecule has 0 aliphatic heterocycles. The smallest absolute Gasteiger partial charge is 0.133 e. The Morgan fingerprint density at radius 1 is 1.29 bits per heavy atom. The Morgan fingerprint density at radius 3 is 2.71 bits per heavy atom. The third kappa shape index (κ3) is 4.19. The van der Waals surface area contributed by atoms with Gasteiger partial charge in [0.05, 0.1) is 11.6 Å². The van der Waals surface area contributed by atoms with Gasteiger partial charge in [-0.1, -0.05) is 17.7 Å². The van der Waals surface area contributed by atoms with Crippen molar-refractivity contribution >= 4 is 27.5 Å². The Labute approximate surface area is 137 Å². The van der Waals surface area contributed by atoms with E-state index in [-0.39, 0.29) is 11.9 Å². The molecule has 21 heavy (non-hydrogen) atoms. The van der Waals surface area contributed by atoms with Crippen molar-refractivity contribution < 1.29 is 9.13 Å². The molecule has 0 bridgehead atoms. The number of ether oxygens (including phenoxy) is 1. The Bertz CT molecular complexity index is 636. The van der Waals surface area contributed by atoms with E-state index < -0.39 is 0 Å². The van der Waals surface area contributed by atoms with Crippen molar-refractivity contribution in [2.45, 2.75) is 19.5 Å². The van der Waals surface area contributed by atoms with E-state index in [0.717, 1.165) is 15.8 Å². The molecule has 0 aliphatic carbocycles. The summed E-state index contributed by atoms with van der Waals surface area (Å²) in [5.74, 6) is 0.529. The van der Waals surface area contributed by atoms with Crippen LogP contribution < -0.4 is 10.1 Å². The number of nitrogens with one attached hydrogen (secondary N) is 1. The van der Waals surface area contributed by atoms with Crippen LogP contribution in [-0.4, -0.2) is 7.11 Å². The summed E-state index contributed by atoms with van der Waals surface area (Å²) in [4.78, 5) is 0. The Balaban J connectivity index is 2.06. The van der Waals surface area contributed by atoms with Crippen LogP contribution in [0.3, 0.4) is 0 Å². The molecule has 0 saturated carbocycles. The number of methoxy groups -OCH3 is 1. The molecule has 0 spiro atoms. The van der Waals surface area contributed by atoms with Gasteiger partial charge in [-0.25, -0.2) is 4.39 Å². The Hall–Kier alpha value is -1.10. The van der Waals surface area contributed by atoms with Gasteiger partial charge < -0.3 is 10.1 Å². The SMILES string of the molecule is COc1ccc(C(C)NCc2cc(Cl)ccc2F)cc1Br. The van der Waals surface area contributed by atoms with E-state index in [1.54, 1.807) is 19.2 Å². The van der Waals surface area contributed by atoms with Gasteiger partial charge in [0.25, 0.3) is 0 Å². The first-order chi connectivity index (χ1) is 10.0. The van der Waals surface area contributed by atoms with Crippen LogP contribution in [0.2, 0.25) is 5.02 Å². The fourth-order valence-corrected chi connectivity index (χ4v) is 2.76. The van der Waals surface area contributed by atoms with E-state index in [0.29, 0.717) is 17.1 Å². The predicted molar refractivity (Wildman–Crippen MR) is 87.4 cm³/mol. The summed E-state index contributed by atoms with van der Waals surface area (Å²) >= 11 is 9.35. The summed E-state index contributed by atoms with van der Waals surface area (Å²) in [6, 6.07) is 10.5. The topological polar surface area (TPSA) is 21.3 Å². The molecular weight excluding hydrogens is 357 g/mol. The second kappa shape index (κ2) is 7.25. The molecule has 0 radical (unpaired) electrons. The lowest BCUT2D eigenvalue weighted by Gasteiger charge is -2.16. The molecule has 112 valence electrons. The number of benzene rings is 2. The Kier molecular flexibility index (Phi) is 5.62. The second-order valence-electron chi connectivity index (χ2n) is 4.73. The van der Waals surface area contributed by atoms with Gasteiger partial charge in [0, 0.05) is 23.2 Å². The lowest BCUT2D eigenvalue weighted by atomic mass is 10.1. The van der Waals surface area contributed by atoms with Crippen LogP contribution in [0, 0.1) is 5.82 Å². The first-order valence-electron chi connectivity index (χ1n) is 6.52. The maximum Gasteiger partial charge on any atom is 0.133 e. The maximum atomic E-state index is 13.7. The summed E-state index contributed by atoms with van der Waals surface area (Å²) in [7, 11) is 1.63. The van der Waals surface area contributed by atoms with Crippen LogP contribution >= 0.6 is 27.5 Å². The van der Waals surface area contributed by atoms with Gasteiger partial charge in [-0.05, 0) is 58.7 Å². The van der Waals surface area contributed by atoms with Gasteiger partial charge in [-0.3, -0.25) is 0 Å². The van der Waals surface area contributed by atoms with Gasteiger partial charge in [-0.15, -0.1) is 0 Å². The summed E-state index contributed by atoms with van der Waals surface area (Å²) in [6.07, 6.45) is 0. The average molecular weight is 373 g/mol. The third-order valence-electron chi connectivity index (χ3n) is 3.28. The highest BCUT2D eigenvalue weighted by atomic mass is 79.9. The molecular formula is C16H16BrClFNO. The second-order valence-corrected chi connectivity index (χ2v) is 6.02. The van der Waals surface area contributed by atoms with Crippen LogP contribution in [0.25, 0.3) is 0 Å². The summed E-state index contributed by atoms with van der Waals surface area (Å²) in [5.41, 5.74) is 1.65. The molecule has 0 heterocycles. The van der Waals surface area contributed by atoms with Gasteiger partial charge in [-0.2, -0.15) is 0 Å². The van der Waals surface area contributed by atoms with E-state index in [1.165, 1.54) is 6.07 Å². The molecule has 0 aromatic heterocycles. The van der Waals surface area contributed by atoms with Crippen molar-refractivity contribution in [1.29, 1.82) is 0 Å². The zero-order chi connectivity index (χ0) is 15.4. The zero-order valence-electron chi connectivity index (χ0n) is 11.8. The van der Waals surface area contributed by atoms with Crippen LogP contribution in [0.15, 0.2) is 40.9 Å². The minimum atomic E-state index is -0.255. The number of hydrogen-bond acceptors (Lipinski definition) is 2. The summed E-state index contributed by atoms with van der Waals surface area (Å²) in [6.45, 7) is 2.44. The quantitative estimate of drug-likeness (QED) is 0.788. The minimum Gasteiger partial charge on any atom is -0.496 e. The minimum absolute atomic E-state index is 0.0746. The van der Waals surface area contributed by atoms with E-state index in [4.69, 9.17) is 16.3 Å². The molecule has 0 fully saturated rings. The lowest BCUT2D eigenvalue weighted by Crippen LogP contribution is -2.18. The van der Waals surface area contributed by atoms with E-state index in [9.17, 15) is 4.39 Å². The summed E-state index contributed by atoms with van der Waals surface area (Å²) < 4.78 is 19.8. The molecule has 0 saturated heterocycles. The molecule has 1 N–H and O–H groups in total. The first-order valence-corrected chi connectivity index (χ1v) is 7.69. The van der Waals surface area contributed by atoms with E-state index >= 15 is 0 Å². The van der Waals surface area contributed by atoms with Gasteiger partial charge in [0.1, 0.15) is 11.6 Å². The van der Waals surface area contributed by atoms with Crippen molar-refractivity contribution in [2.75, 3.05) is 7.11 Å². The van der Waals surface area contributed by atoms with Gasteiger partial charge >= 0.3 is 0 Å². The highest BCUT2D eigenvalue weighted by Crippen LogP contribution is 2.28. The molecule has 1 unspecified atom stereocenters. The molecule has 0 amide bonds. The zero-order valence-corrected chi connectivity index (χ0v) is 14.1. The van der Waals surface area contributed by atoms with Gasteiger partial charge in [0.15, 0.2) is 0 Å². The first kappa shape index (κ1) is 16.3. The molecule has 2 aromatic rings. The largest absolute Gasteiger partial charge is 0.496 e. The standard InChI is InChI=1S/C16H16BrClFNO/c1-10(11-3-6-16(21-2)14(17)8-11)20-9-12-7-13(18)4-5-15(12)19/h3-8,10,20H,9H2,1-2H3. The van der Waals surface area contributed by atoms with Crippen LogP contribution in [-0.2, 0) is 6.54 Å². The third-order valence-corrected chi connectivity index (χ3v) is 4.14. The van der Waals surface area contributed by atoms with Gasteiger partial charge in [0.2, 0.25) is 0 Å².